The molecule has 2 rings (SSSR count). The van der Waals surface area contributed by atoms with Crippen LogP contribution in [0.4, 0.5) is 5.69 Å². The summed E-state index contributed by atoms with van der Waals surface area (Å²) >= 11 is 0. The van der Waals surface area contributed by atoms with Gasteiger partial charge in [-0.15, -0.1) is 0 Å². The van der Waals surface area contributed by atoms with Crippen LogP contribution in [-0.2, 0) is 9.59 Å². The predicted octanol–water partition coefficient (Wildman–Crippen LogP) is 1.18. The van der Waals surface area contributed by atoms with Gasteiger partial charge < -0.3 is 15.1 Å². The van der Waals surface area contributed by atoms with Crippen molar-refractivity contribution in [2.24, 2.45) is 0 Å². The first kappa shape index (κ1) is 19.2. The molecular formula is C19H30N4O2. The number of likely N-dealkylation sites (N-methyl/N-ethyl adjacent to an activating group) is 1. The van der Waals surface area contributed by atoms with Crippen molar-refractivity contribution in [2.45, 2.75) is 26.3 Å². The quantitative estimate of drug-likeness (QED) is 0.870. The van der Waals surface area contributed by atoms with Crippen molar-refractivity contribution in [2.75, 3.05) is 51.2 Å². The number of carbonyl (C=O) groups excluding carboxylic acids is 2. The molecule has 0 atom stereocenters. The molecule has 1 aliphatic rings. The van der Waals surface area contributed by atoms with Crippen molar-refractivity contribution in [1.29, 1.82) is 0 Å². The number of carbonyl (C=O) groups is 2. The van der Waals surface area contributed by atoms with Gasteiger partial charge in [0.25, 0.3) is 0 Å². The average molecular weight is 346 g/mol. The van der Waals surface area contributed by atoms with E-state index >= 15 is 0 Å². The molecule has 25 heavy (non-hydrogen) atoms. The Morgan fingerprint density at radius 2 is 1.68 bits per heavy atom. The Balaban J connectivity index is 1.76. The van der Waals surface area contributed by atoms with E-state index in [0.717, 1.165) is 18.8 Å². The lowest BCUT2D eigenvalue weighted by molar-refractivity contribution is -0.131. The summed E-state index contributed by atoms with van der Waals surface area (Å²) in [6.07, 6.45) is 0. The molecule has 1 heterocycles. The highest BCUT2D eigenvalue weighted by atomic mass is 16.2. The molecule has 0 bridgehead atoms. The van der Waals surface area contributed by atoms with E-state index < -0.39 is 0 Å². The first-order valence-corrected chi connectivity index (χ1v) is 8.82. The molecule has 0 saturated carbocycles. The molecule has 0 spiro atoms. The molecule has 1 aromatic carbocycles. The van der Waals surface area contributed by atoms with Gasteiger partial charge in [-0.1, -0.05) is 18.2 Å². The van der Waals surface area contributed by atoms with Crippen molar-refractivity contribution >= 4 is 17.5 Å². The largest absolute Gasteiger partial charge is 0.365 e. The highest BCUT2D eigenvalue weighted by Gasteiger charge is 2.24. The van der Waals surface area contributed by atoms with Crippen molar-refractivity contribution in [3.8, 4) is 0 Å². The third kappa shape index (κ3) is 6.38. The number of anilines is 1. The Bertz CT molecular complexity index is 575. The fourth-order valence-corrected chi connectivity index (χ4v) is 2.89. The molecule has 1 aromatic rings. The van der Waals surface area contributed by atoms with Crippen molar-refractivity contribution < 1.29 is 9.59 Å². The first-order valence-electron chi connectivity index (χ1n) is 8.82. The summed E-state index contributed by atoms with van der Waals surface area (Å²) in [7, 11) is 1.93. The smallest absolute Gasteiger partial charge is 0.242 e. The molecule has 1 saturated heterocycles. The maximum absolute atomic E-state index is 12.5. The third-order valence-corrected chi connectivity index (χ3v) is 4.18. The van der Waals surface area contributed by atoms with Gasteiger partial charge in [0.05, 0.1) is 13.1 Å². The lowest BCUT2D eigenvalue weighted by Crippen LogP contribution is -2.54. The van der Waals surface area contributed by atoms with Gasteiger partial charge in [0.15, 0.2) is 0 Å². The summed E-state index contributed by atoms with van der Waals surface area (Å²) in [6, 6.07) is 9.90. The van der Waals surface area contributed by atoms with Crippen LogP contribution in [0.15, 0.2) is 30.3 Å². The summed E-state index contributed by atoms with van der Waals surface area (Å²) in [5.41, 5.74) is 0.824. The van der Waals surface area contributed by atoms with E-state index in [2.05, 4.69) is 10.2 Å². The van der Waals surface area contributed by atoms with Gasteiger partial charge in [0, 0.05) is 44.5 Å². The molecule has 1 N–H and O–H groups in total. The van der Waals surface area contributed by atoms with Crippen LogP contribution in [0, 0.1) is 0 Å². The summed E-state index contributed by atoms with van der Waals surface area (Å²) in [5.74, 6) is 0.168. The van der Waals surface area contributed by atoms with Gasteiger partial charge in [-0.2, -0.15) is 0 Å². The fraction of sp³-hybridized carbons (Fsp3) is 0.579. The van der Waals surface area contributed by atoms with Crippen LogP contribution in [0.25, 0.3) is 0 Å². The Kier molecular flexibility index (Phi) is 6.42. The maximum Gasteiger partial charge on any atom is 0.242 e. The number of hydrogen-bond donors (Lipinski definition) is 1. The van der Waals surface area contributed by atoms with Crippen LogP contribution < -0.4 is 10.2 Å². The van der Waals surface area contributed by atoms with E-state index in [1.807, 2.05) is 68.0 Å². The van der Waals surface area contributed by atoms with E-state index in [4.69, 9.17) is 0 Å². The Morgan fingerprint density at radius 3 is 2.24 bits per heavy atom. The normalized spacial score (nSPS) is 15.8. The second-order valence-electron chi connectivity index (χ2n) is 7.65. The fourth-order valence-electron chi connectivity index (χ4n) is 2.89. The standard InChI is InChI=1S/C19H30N4O2/c1-19(2,3)20-17(24)14-22-10-12-23(13-11-22)18(25)15-21(4)16-8-6-5-7-9-16/h5-9H,10-15H2,1-4H3,(H,20,24). The van der Waals surface area contributed by atoms with E-state index in [1.54, 1.807) is 0 Å². The topological polar surface area (TPSA) is 55.9 Å². The third-order valence-electron chi connectivity index (χ3n) is 4.18. The van der Waals surface area contributed by atoms with Crippen LogP contribution in [0.3, 0.4) is 0 Å². The molecule has 1 aliphatic heterocycles. The zero-order chi connectivity index (χ0) is 18.4. The van der Waals surface area contributed by atoms with E-state index in [0.29, 0.717) is 26.2 Å². The average Bonchev–Trinajstić information content (AvgIpc) is 2.54. The molecule has 138 valence electrons. The Morgan fingerprint density at radius 1 is 1.08 bits per heavy atom. The van der Waals surface area contributed by atoms with Gasteiger partial charge >= 0.3 is 0 Å². The molecule has 1 fully saturated rings. The lowest BCUT2D eigenvalue weighted by Gasteiger charge is -2.35. The number of benzene rings is 1. The van der Waals surface area contributed by atoms with Gasteiger partial charge in [-0.3, -0.25) is 14.5 Å². The van der Waals surface area contributed by atoms with Crippen molar-refractivity contribution in [3.63, 3.8) is 0 Å². The van der Waals surface area contributed by atoms with E-state index in [9.17, 15) is 9.59 Å². The number of rotatable bonds is 5. The minimum absolute atomic E-state index is 0.0380. The van der Waals surface area contributed by atoms with Crippen LogP contribution in [0.5, 0.6) is 0 Å². The zero-order valence-corrected chi connectivity index (χ0v) is 15.8. The van der Waals surface area contributed by atoms with Crippen molar-refractivity contribution in [1.82, 2.24) is 15.1 Å². The second-order valence-corrected chi connectivity index (χ2v) is 7.65. The second kappa shape index (κ2) is 8.34. The highest BCUT2D eigenvalue weighted by Crippen LogP contribution is 2.11. The Hall–Kier alpha value is -2.08. The lowest BCUT2D eigenvalue weighted by atomic mass is 10.1. The summed E-state index contributed by atoms with van der Waals surface area (Å²) in [4.78, 5) is 30.4. The van der Waals surface area contributed by atoms with Gasteiger partial charge in [0.2, 0.25) is 11.8 Å². The number of nitrogens with one attached hydrogen (secondary N) is 1. The van der Waals surface area contributed by atoms with Gasteiger partial charge in [0.1, 0.15) is 0 Å². The molecule has 0 aliphatic carbocycles. The zero-order valence-electron chi connectivity index (χ0n) is 15.8. The molecule has 0 unspecified atom stereocenters. The minimum atomic E-state index is -0.211. The summed E-state index contributed by atoms with van der Waals surface area (Å²) in [6.45, 7) is 9.50. The molecule has 0 radical (unpaired) electrons. The highest BCUT2D eigenvalue weighted by molar-refractivity contribution is 5.81. The summed E-state index contributed by atoms with van der Waals surface area (Å²) < 4.78 is 0. The van der Waals surface area contributed by atoms with Crippen LogP contribution >= 0.6 is 0 Å². The minimum Gasteiger partial charge on any atom is -0.365 e. The Labute approximate surface area is 150 Å². The van der Waals surface area contributed by atoms with Crippen LogP contribution in [0.1, 0.15) is 20.8 Å². The summed E-state index contributed by atoms with van der Waals surface area (Å²) in [5, 5.41) is 2.98. The maximum atomic E-state index is 12.5. The van der Waals surface area contributed by atoms with Gasteiger partial charge in [-0.05, 0) is 32.9 Å². The monoisotopic (exact) mass is 346 g/mol. The first-order chi connectivity index (χ1) is 11.7. The molecule has 6 nitrogen and oxygen atoms in total. The number of para-hydroxylation sites is 1. The molecule has 2 amide bonds. The number of nitrogens with zero attached hydrogens (tertiary/aromatic N) is 3. The van der Waals surface area contributed by atoms with Crippen molar-refractivity contribution in [3.05, 3.63) is 30.3 Å². The number of hydrogen-bond acceptors (Lipinski definition) is 4. The molecule has 6 heteroatoms. The molecule has 0 aromatic heterocycles. The predicted molar refractivity (Wildman–Crippen MR) is 101 cm³/mol. The van der Waals surface area contributed by atoms with Gasteiger partial charge in [-0.25, -0.2) is 0 Å². The number of piperazine rings is 1. The van der Waals surface area contributed by atoms with Crippen LogP contribution in [-0.4, -0.2) is 73.5 Å². The van der Waals surface area contributed by atoms with E-state index in [-0.39, 0.29) is 17.4 Å². The van der Waals surface area contributed by atoms with E-state index in [1.165, 1.54) is 0 Å². The SMILES string of the molecule is CN(CC(=O)N1CCN(CC(=O)NC(C)(C)C)CC1)c1ccccc1. The van der Waals surface area contributed by atoms with Crippen LogP contribution in [0.2, 0.25) is 0 Å². The number of amides is 2. The molecular weight excluding hydrogens is 316 g/mol.